The Morgan fingerprint density at radius 1 is 1.00 bits per heavy atom. The average molecular weight is 591 g/mol. The fourth-order valence-corrected chi connectivity index (χ4v) is 7.53. The van der Waals surface area contributed by atoms with E-state index in [0.717, 1.165) is 54.5 Å². The van der Waals surface area contributed by atoms with Crippen LogP contribution in [0.1, 0.15) is 122 Å². The second kappa shape index (κ2) is 13.0. The number of likely N-dealkylation sites (tertiary alicyclic amines) is 1. The van der Waals surface area contributed by atoms with Gasteiger partial charge in [-0.15, -0.1) is 0 Å². The first-order valence-electron chi connectivity index (χ1n) is 16.2. The summed E-state index contributed by atoms with van der Waals surface area (Å²) in [7, 11) is 1.69. The van der Waals surface area contributed by atoms with Crippen LogP contribution in [0.2, 0.25) is 0 Å². The standard InChI is InChI=1S/C37H54N2O4/c1-23(2)27-17-13-14-18-28(27)32-31(38-22-25-21-26(36(3,4)5)19-20-29(25)43-9)30(37(6,7)8)33(35(41)42)39(32)34(40)24-15-11-10-12-16-24/h13-14,17-21,23-24,30-33,38H,10-12,15-16,22H2,1-9H3,(H,41,42)/t30-,31-,32-,33-/m0/s1. The van der Waals surface area contributed by atoms with Crippen LogP contribution in [0, 0.1) is 17.3 Å². The fraction of sp³-hybridized carbons (Fsp3) is 0.622. The fourth-order valence-electron chi connectivity index (χ4n) is 7.53. The van der Waals surface area contributed by atoms with E-state index >= 15 is 0 Å². The molecule has 1 amide bonds. The minimum absolute atomic E-state index is 0.00141. The Balaban J connectivity index is 1.89. The van der Waals surface area contributed by atoms with Gasteiger partial charge < -0.3 is 20.1 Å². The molecule has 0 radical (unpaired) electrons. The Bertz CT molecular complexity index is 1280. The maximum absolute atomic E-state index is 14.5. The van der Waals surface area contributed by atoms with Crippen molar-refractivity contribution in [3.63, 3.8) is 0 Å². The monoisotopic (exact) mass is 590 g/mol. The predicted molar refractivity (Wildman–Crippen MR) is 173 cm³/mol. The molecule has 0 aromatic heterocycles. The number of nitrogens with zero attached hydrogens (tertiary/aromatic N) is 1. The molecule has 4 atom stereocenters. The molecule has 6 heteroatoms. The van der Waals surface area contributed by atoms with Gasteiger partial charge in [-0.2, -0.15) is 0 Å². The van der Waals surface area contributed by atoms with Gasteiger partial charge in [-0.3, -0.25) is 4.79 Å². The summed E-state index contributed by atoms with van der Waals surface area (Å²) < 4.78 is 5.78. The third kappa shape index (κ3) is 6.95. The van der Waals surface area contributed by atoms with Crippen molar-refractivity contribution in [3.8, 4) is 5.75 Å². The van der Waals surface area contributed by atoms with Crippen molar-refractivity contribution in [1.29, 1.82) is 0 Å². The number of methoxy groups -OCH3 is 1. The highest BCUT2D eigenvalue weighted by atomic mass is 16.5. The molecule has 0 spiro atoms. The van der Waals surface area contributed by atoms with E-state index in [1.54, 1.807) is 12.0 Å². The van der Waals surface area contributed by atoms with E-state index in [1.807, 2.05) is 18.2 Å². The van der Waals surface area contributed by atoms with Crippen molar-refractivity contribution < 1.29 is 19.4 Å². The second-order valence-electron chi connectivity index (χ2n) is 15.2. The van der Waals surface area contributed by atoms with Crippen molar-refractivity contribution in [3.05, 3.63) is 64.7 Å². The summed E-state index contributed by atoms with van der Waals surface area (Å²) in [5, 5.41) is 14.7. The maximum atomic E-state index is 14.5. The number of carbonyl (C=O) groups excluding carboxylic acids is 1. The van der Waals surface area contributed by atoms with Gasteiger partial charge >= 0.3 is 5.97 Å². The minimum atomic E-state index is -0.931. The lowest BCUT2D eigenvalue weighted by Gasteiger charge is -2.36. The highest BCUT2D eigenvalue weighted by Crippen LogP contribution is 2.50. The van der Waals surface area contributed by atoms with Crippen LogP contribution in [-0.2, 0) is 21.5 Å². The Kier molecular flexibility index (Phi) is 10.0. The molecule has 4 rings (SSSR count). The number of benzene rings is 2. The van der Waals surface area contributed by atoms with Crippen LogP contribution >= 0.6 is 0 Å². The quantitative estimate of drug-likeness (QED) is 0.327. The highest BCUT2D eigenvalue weighted by molar-refractivity contribution is 5.87. The normalized spacial score (nSPS) is 23.5. The third-order valence-corrected chi connectivity index (χ3v) is 9.74. The zero-order valence-corrected chi connectivity index (χ0v) is 27.9. The number of nitrogens with one attached hydrogen (secondary N) is 1. The summed E-state index contributed by atoms with van der Waals surface area (Å²) >= 11 is 0. The summed E-state index contributed by atoms with van der Waals surface area (Å²) in [5.41, 5.74) is 4.04. The molecule has 1 heterocycles. The number of hydrogen-bond acceptors (Lipinski definition) is 4. The van der Waals surface area contributed by atoms with Gasteiger partial charge in [0.1, 0.15) is 11.8 Å². The van der Waals surface area contributed by atoms with Gasteiger partial charge in [-0.1, -0.05) is 111 Å². The van der Waals surface area contributed by atoms with Crippen LogP contribution in [-0.4, -0.2) is 41.1 Å². The zero-order valence-electron chi connectivity index (χ0n) is 27.9. The van der Waals surface area contributed by atoms with E-state index in [-0.39, 0.29) is 40.5 Å². The van der Waals surface area contributed by atoms with Crippen LogP contribution in [0.25, 0.3) is 0 Å². The first-order chi connectivity index (χ1) is 20.2. The maximum Gasteiger partial charge on any atom is 0.326 e. The SMILES string of the molecule is COc1ccc(C(C)(C)C)cc1CN[C@H]1[C@H](C(C)(C)C)[C@@H](C(=O)O)N(C(=O)C2CCCCC2)[C@H]1c1ccccc1C(C)C. The molecule has 1 saturated heterocycles. The lowest BCUT2D eigenvalue weighted by molar-refractivity contribution is -0.154. The Labute approximate surface area is 259 Å². The first kappa shape index (κ1) is 33.0. The molecule has 236 valence electrons. The van der Waals surface area contributed by atoms with Gasteiger partial charge in [-0.25, -0.2) is 4.79 Å². The molecule has 43 heavy (non-hydrogen) atoms. The number of amides is 1. The van der Waals surface area contributed by atoms with Gasteiger partial charge in [0.05, 0.1) is 13.2 Å². The van der Waals surface area contributed by atoms with E-state index in [4.69, 9.17) is 4.74 Å². The Morgan fingerprint density at radius 3 is 2.21 bits per heavy atom. The number of carboxylic acid groups (broad SMARTS) is 1. The first-order valence-corrected chi connectivity index (χ1v) is 16.2. The van der Waals surface area contributed by atoms with E-state index in [9.17, 15) is 14.7 Å². The Hall–Kier alpha value is -2.86. The lowest BCUT2D eigenvalue weighted by atomic mass is 9.72. The smallest absolute Gasteiger partial charge is 0.326 e. The van der Waals surface area contributed by atoms with E-state index < -0.39 is 18.1 Å². The topological polar surface area (TPSA) is 78.9 Å². The van der Waals surface area contributed by atoms with Crippen molar-refractivity contribution in [2.45, 2.75) is 123 Å². The lowest BCUT2D eigenvalue weighted by Crippen LogP contribution is -2.49. The van der Waals surface area contributed by atoms with Gasteiger partial charge in [0.2, 0.25) is 5.91 Å². The van der Waals surface area contributed by atoms with Gasteiger partial charge in [-0.05, 0) is 52.3 Å². The van der Waals surface area contributed by atoms with E-state index in [1.165, 1.54) is 5.56 Å². The number of hydrogen-bond donors (Lipinski definition) is 2. The van der Waals surface area contributed by atoms with Crippen LogP contribution in [0.5, 0.6) is 5.75 Å². The molecule has 0 unspecified atom stereocenters. The predicted octanol–water partition coefficient (Wildman–Crippen LogP) is 7.85. The zero-order chi connectivity index (χ0) is 31.7. The summed E-state index contributed by atoms with van der Waals surface area (Å²) in [6, 6.07) is 13.0. The summed E-state index contributed by atoms with van der Waals surface area (Å²) in [6.07, 6.45) is 4.83. The summed E-state index contributed by atoms with van der Waals surface area (Å²) in [5.74, 6) is -0.347. The number of carbonyl (C=O) groups is 2. The highest BCUT2D eigenvalue weighted by Gasteiger charge is 2.58. The summed E-state index contributed by atoms with van der Waals surface area (Å²) in [6.45, 7) is 17.8. The van der Waals surface area contributed by atoms with Gasteiger partial charge in [0.15, 0.2) is 0 Å². The van der Waals surface area contributed by atoms with Crippen molar-refractivity contribution in [2.24, 2.45) is 17.3 Å². The van der Waals surface area contributed by atoms with Crippen LogP contribution in [0.3, 0.4) is 0 Å². The van der Waals surface area contributed by atoms with Gasteiger partial charge in [0.25, 0.3) is 0 Å². The molecule has 2 N–H and O–H groups in total. The minimum Gasteiger partial charge on any atom is -0.496 e. The summed E-state index contributed by atoms with van der Waals surface area (Å²) in [4.78, 5) is 29.6. The van der Waals surface area contributed by atoms with Gasteiger partial charge in [0, 0.05) is 30.0 Å². The van der Waals surface area contributed by atoms with Crippen LogP contribution < -0.4 is 10.1 Å². The molecular formula is C37H54N2O4. The molecule has 2 aromatic rings. The largest absolute Gasteiger partial charge is 0.496 e. The number of aliphatic carboxylic acids is 1. The number of ether oxygens (including phenoxy) is 1. The van der Waals surface area contributed by atoms with E-state index in [0.29, 0.717) is 6.54 Å². The molecule has 2 aliphatic rings. The average Bonchev–Trinajstić information content (AvgIpc) is 3.31. The van der Waals surface area contributed by atoms with Crippen molar-refractivity contribution >= 4 is 11.9 Å². The van der Waals surface area contributed by atoms with Crippen LogP contribution in [0.4, 0.5) is 0 Å². The third-order valence-electron chi connectivity index (χ3n) is 9.74. The molecular weight excluding hydrogens is 536 g/mol. The molecule has 0 bridgehead atoms. The molecule has 1 saturated carbocycles. The van der Waals surface area contributed by atoms with Crippen LogP contribution in [0.15, 0.2) is 42.5 Å². The number of rotatable bonds is 8. The Morgan fingerprint density at radius 2 is 1.65 bits per heavy atom. The molecule has 2 fully saturated rings. The van der Waals surface area contributed by atoms with Crippen molar-refractivity contribution in [2.75, 3.05) is 7.11 Å². The van der Waals surface area contributed by atoms with E-state index in [2.05, 4.69) is 85.0 Å². The molecule has 6 nitrogen and oxygen atoms in total. The molecule has 1 aliphatic carbocycles. The van der Waals surface area contributed by atoms with Crippen molar-refractivity contribution in [1.82, 2.24) is 10.2 Å². The second-order valence-corrected chi connectivity index (χ2v) is 15.2. The molecule has 1 aliphatic heterocycles. The number of carboxylic acids is 1. The molecule has 2 aromatic carbocycles.